The zero-order chi connectivity index (χ0) is 6.57. The first-order valence-corrected chi connectivity index (χ1v) is 2.70. The summed E-state index contributed by atoms with van der Waals surface area (Å²) in [5.41, 5.74) is 0. The largest absolute Gasteiger partial charge is 0.297 e. The van der Waals surface area contributed by atoms with Crippen molar-refractivity contribution in [1.82, 2.24) is 0 Å². The molecule has 0 heterocycles. The van der Waals surface area contributed by atoms with Crippen molar-refractivity contribution in [2.45, 2.75) is 20.0 Å². The van der Waals surface area contributed by atoms with Crippen molar-refractivity contribution in [2.75, 3.05) is 0 Å². The van der Waals surface area contributed by atoms with Crippen LogP contribution in [0.2, 0.25) is 0 Å². The molecular weight excluding hydrogens is 102 g/mol. The fourth-order valence-electron chi connectivity index (χ4n) is 0.485. The molecule has 0 bridgehead atoms. The average Bonchev–Trinajstić information content (AvgIpc) is 1.69. The average molecular weight is 115 g/mol. The lowest BCUT2D eigenvalue weighted by Crippen LogP contribution is -2.20. The van der Waals surface area contributed by atoms with Gasteiger partial charge in [-0.1, -0.05) is 19.9 Å². The summed E-state index contributed by atoms with van der Waals surface area (Å²) in [5.74, 6) is 5.33. The molecule has 0 radical (unpaired) electrons. The minimum absolute atomic E-state index is 0.00463. The summed E-state index contributed by atoms with van der Waals surface area (Å²) in [6.45, 7) is 7.60. The smallest absolute Gasteiger partial charge is 0.0988 e. The van der Waals surface area contributed by atoms with Gasteiger partial charge in [0.15, 0.2) is 0 Å². The Kier molecular flexibility index (Phi) is 3.48. The standard InChI is InChI=1S/C6H13NO/c1-4-6(8-7)5(2)3/h4-6H,1,7H2,2-3H3. The molecular formula is C6H13NO. The Balaban J connectivity index is 3.51. The van der Waals surface area contributed by atoms with Gasteiger partial charge in [-0.15, -0.1) is 6.58 Å². The fraction of sp³-hybridized carbons (Fsp3) is 0.667. The van der Waals surface area contributed by atoms with Crippen LogP contribution >= 0.6 is 0 Å². The molecule has 2 N–H and O–H groups in total. The third-order valence-electron chi connectivity index (χ3n) is 1.05. The Bertz CT molecular complexity index is 70.9. The zero-order valence-corrected chi connectivity index (χ0v) is 5.42. The predicted octanol–water partition coefficient (Wildman–Crippen LogP) is 1.09. The van der Waals surface area contributed by atoms with Gasteiger partial charge in [-0.05, 0) is 5.92 Å². The summed E-state index contributed by atoms with van der Waals surface area (Å²) in [4.78, 5) is 4.54. The third kappa shape index (κ3) is 2.09. The molecule has 0 amide bonds. The van der Waals surface area contributed by atoms with Crippen LogP contribution in [0.1, 0.15) is 13.8 Å². The van der Waals surface area contributed by atoms with Crippen molar-refractivity contribution >= 4 is 0 Å². The van der Waals surface area contributed by atoms with Crippen LogP contribution in [-0.4, -0.2) is 6.10 Å². The van der Waals surface area contributed by atoms with Gasteiger partial charge in [0.2, 0.25) is 0 Å². The second-order valence-corrected chi connectivity index (χ2v) is 2.08. The van der Waals surface area contributed by atoms with Gasteiger partial charge in [0.05, 0.1) is 6.10 Å². The summed E-state index contributed by atoms with van der Waals surface area (Å²) >= 11 is 0. The molecule has 1 atom stereocenters. The van der Waals surface area contributed by atoms with E-state index < -0.39 is 0 Å². The van der Waals surface area contributed by atoms with E-state index in [-0.39, 0.29) is 6.10 Å². The summed E-state index contributed by atoms with van der Waals surface area (Å²) in [5, 5.41) is 0. The van der Waals surface area contributed by atoms with Crippen molar-refractivity contribution in [1.29, 1.82) is 0 Å². The molecule has 0 aromatic heterocycles. The molecule has 0 aliphatic carbocycles. The van der Waals surface area contributed by atoms with Crippen LogP contribution in [0.4, 0.5) is 0 Å². The summed E-state index contributed by atoms with van der Waals surface area (Å²) in [6, 6.07) is 0. The van der Waals surface area contributed by atoms with E-state index in [1.54, 1.807) is 6.08 Å². The maximum absolute atomic E-state index is 4.91. The second-order valence-electron chi connectivity index (χ2n) is 2.08. The van der Waals surface area contributed by atoms with Gasteiger partial charge in [0.25, 0.3) is 0 Å². The first-order valence-electron chi connectivity index (χ1n) is 2.70. The van der Waals surface area contributed by atoms with Crippen molar-refractivity contribution in [3.05, 3.63) is 12.7 Å². The van der Waals surface area contributed by atoms with Crippen LogP contribution in [0.15, 0.2) is 12.7 Å². The molecule has 2 heteroatoms. The fourth-order valence-corrected chi connectivity index (χ4v) is 0.485. The van der Waals surface area contributed by atoms with E-state index in [1.165, 1.54) is 0 Å². The maximum Gasteiger partial charge on any atom is 0.0988 e. The van der Waals surface area contributed by atoms with E-state index in [4.69, 9.17) is 5.90 Å². The highest BCUT2D eigenvalue weighted by Gasteiger charge is 2.05. The zero-order valence-electron chi connectivity index (χ0n) is 5.42. The minimum atomic E-state index is -0.00463. The van der Waals surface area contributed by atoms with Crippen LogP contribution in [0, 0.1) is 5.92 Å². The SMILES string of the molecule is C=CC(ON)C(C)C. The quantitative estimate of drug-likeness (QED) is 0.441. The molecule has 48 valence electrons. The lowest BCUT2D eigenvalue weighted by atomic mass is 10.1. The Morgan fingerprint density at radius 2 is 2.12 bits per heavy atom. The highest BCUT2D eigenvalue weighted by atomic mass is 16.6. The van der Waals surface area contributed by atoms with Gasteiger partial charge < -0.3 is 0 Å². The van der Waals surface area contributed by atoms with Gasteiger partial charge in [-0.25, -0.2) is 5.90 Å². The number of nitrogens with two attached hydrogens (primary N) is 1. The Labute approximate surface area is 50.3 Å². The van der Waals surface area contributed by atoms with E-state index in [2.05, 4.69) is 11.4 Å². The topological polar surface area (TPSA) is 35.2 Å². The van der Waals surface area contributed by atoms with Crippen LogP contribution in [0.3, 0.4) is 0 Å². The Hall–Kier alpha value is -0.340. The Morgan fingerprint density at radius 3 is 2.12 bits per heavy atom. The van der Waals surface area contributed by atoms with Gasteiger partial charge in [0, 0.05) is 0 Å². The van der Waals surface area contributed by atoms with E-state index in [9.17, 15) is 0 Å². The van der Waals surface area contributed by atoms with E-state index >= 15 is 0 Å². The predicted molar refractivity (Wildman–Crippen MR) is 34.1 cm³/mol. The molecule has 2 nitrogen and oxygen atoms in total. The first-order chi connectivity index (χ1) is 3.72. The monoisotopic (exact) mass is 115 g/mol. The van der Waals surface area contributed by atoms with Gasteiger partial charge >= 0.3 is 0 Å². The molecule has 0 fully saturated rings. The van der Waals surface area contributed by atoms with E-state index in [0.29, 0.717) is 5.92 Å². The molecule has 0 rings (SSSR count). The molecule has 1 unspecified atom stereocenters. The third-order valence-corrected chi connectivity index (χ3v) is 1.05. The number of hydrogen-bond donors (Lipinski definition) is 1. The number of rotatable bonds is 3. The van der Waals surface area contributed by atoms with Crippen LogP contribution in [0.25, 0.3) is 0 Å². The van der Waals surface area contributed by atoms with E-state index in [0.717, 1.165) is 0 Å². The van der Waals surface area contributed by atoms with Gasteiger partial charge in [-0.2, -0.15) is 0 Å². The Morgan fingerprint density at radius 1 is 1.62 bits per heavy atom. The number of hydrogen-bond acceptors (Lipinski definition) is 2. The molecule has 0 spiro atoms. The van der Waals surface area contributed by atoms with Crippen LogP contribution < -0.4 is 5.90 Å². The molecule has 0 saturated carbocycles. The normalized spacial score (nSPS) is 14.0. The van der Waals surface area contributed by atoms with Crippen molar-refractivity contribution in [3.8, 4) is 0 Å². The van der Waals surface area contributed by atoms with Crippen LogP contribution in [-0.2, 0) is 4.84 Å². The first kappa shape index (κ1) is 7.66. The summed E-state index contributed by atoms with van der Waals surface area (Å²) in [7, 11) is 0. The lowest BCUT2D eigenvalue weighted by Gasteiger charge is -2.11. The summed E-state index contributed by atoms with van der Waals surface area (Å²) in [6.07, 6.45) is 1.69. The lowest BCUT2D eigenvalue weighted by molar-refractivity contribution is 0.0557. The molecule has 8 heavy (non-hydrogen) atoms. The molecule has 0 aromatic rings. The maximum atomic E-state index is 4.91. The highest BCUT2D eigenvalue weighted by molar-refractivity contribution is 4.81. The van der Waals surface area contributed by atoms with Crippen molar-refractivity contribution < 1.29 is 4.84 Å². The van der Waals surface area contributed by atoms with Crippen molar-refractivity contribution in [3.63, 3.8) is 0 Å². The molecule has 0 saturated heterocycles. The second kappa shape index (κ2) is 3.64. The van der Waals surface area contributed by atoms with E-state index in [1.807, 2.05) is 13.8 Å². The minimum Gasteiger partial charge on any atom is -0.297 e. The van der Waals surface area contributed by atoms with Gasteiger partial charge in [0.1, 0.15) is 0 Å². The molecule has 0 aliphatic rings. The highest BCUT2D eigenvalue weighted by Crippen LogP contribution is 2.03. The van der Waals surface area contributed by atoms with Gasteiger partial charge in [-0.3, -0.25) is 4.84 Å². The molecule has 0 aliphatic heterocycles. The molecule has 0 aromatic carbocycles. The van der Waals surface area contributed by atoms with Crippen molar-refractivity contribution in [2.24, 2.45) is 11.8 Å². The summed E-state index contributed by atoms with van der Waals surface area (Å²) < 4.78 is 0. The van der Waals surface area contributed by atoms with Crippen LogP contribution in [0.5, 0.6) is 0 Å².